The summed E-state index contributed by atoms with van der Waals surface area (Å²) in [5.41, 5.74) is 0.376. The Kier molecular flexibility index (Phi) is 3.39. The van der Waals surface area contributed by atoms with Crippen molar-refractivity contribution >= 4 is 33.0 Å². The van der Waals surface area contributed by atoms with Crippen LogP contribution >= 0.6 is 11.6 Å². The smallest absolute Gasteiger partial charge is 0.271 e. The van der Waals surface area contributed by atoms with Crippen LogP contribution in [0.15, 0.2) is 12.1 Å². The number of halogens is 1. The number of nitro benzene ring substituents is 1. The van der Waals surface area contributed by atoms with Gasteiger partial charge in [0.25, 0.3) is 5.69 Å². The lowest BCUT2D eigenvalue weighted by Crippen LogP contribution is -2.11. The Morgan fingerprint density at radius 2 is 2.00 bits per heavy atom. The van der Waals surface area contributed by atoms with Crippen LogP contribution in [0.4, 0.5) is 11.4 Å². The van der Waals surface area contributed by atoms with Crippen LogP contribution in [0.5, 0.6) is 0 Å². The molecule has 0 aromatic heterocycles. The molecule has 1 aromatic carbocycles. The van der Waals surface area contributed by atoms with Gasteiger partial charge in [0.2, 0.25) is 10.0 Å². The van der Waals surface area contributed by atoms with Crippen LogP contribution in [-0.4, -0.2) is 19.6 Å². The van der Waals surface area contributed by atoms with E-state index in [-0.39, 0.29) is 16.4 Å². The third kappa shape index (κ3) is 3.07. The number of benzene rings is 1. The van der Waals surface area contributed by atoms with Crippen LogP contribution in [0.2, 0.25) is 5.02 Å². The average molecular weight is 265 g/mol. The summed E-state index contributed by atoms with van der Waals surface area (Å²) in [6.45, 7) is 1.53. The van der Waals surface area contributed by atoms with Gasteiger partial charge in [-0.2, -0.15) is 0 Å². The number of nitrogens with one attached hydrogen (secondary N) is 1. The first kappa shape index (κ1) is 12.7. The maximum Gasteiger partial charge on any atom is 0.271 e. The van der Waals surface area contributed by atoms with Gasteiger partial charge >= 0.3 is 0 Å². The fraction of sp³-hybridized carbons (Fsp3) is 0.250. The molecule has 1 rings (SSSR count). The van der Waals surface area contributed by atoms with Crippen LogP contribution in [-0.2, 0) is 10.0 Å². The summed E-state index contributed by atoms with van der Waals surface area (Å²) < 4.78 is 24.2. The first-order valence-corrected chi connectivity index (χ1v) is 6.40. The number of rotatable bonds is 3. The van der Waals surface area contributed by atoms with Crippen molar-refractivity contribution in [3.05, 3.63) is 32.8 Å². The highest BCUT2D eigenvalue weighted by molar-refractivity contribution is 7.92. The average Bonchev–Trinajstić information content (AvgIpc) is 2.09. The van der Waals surface area contributed by atoms with Gasteiger partial charge in [0.15, 0.2) is 0 Å². The summed E-state index contributed by atoms with van der Waals surface area (Å²) in [5.74, 6) is 0. The molecule has 8 heteroatoms. The van der Waals surface area contributed by atoms with Crippen molar-refractivity contribution in [2.75, 3.05) is 11.0 Å². The van der Waals surface area contributed by atoms with Gasteiger partial charge in [-0.05, 0) is 12.5 Å². The van der Waals surface area contributed by atoms with Crippen molar-refractivity contribution in [2.45, 2.75) is 6.92 Å². The highest BCUT2D eigenvalue weighted by atomic mass is 35.5. The van der Waals surface area contributed by atoms with E-state index in [1.54, 1.807) is 0 Å². The highest BCUT2D eigenvalue weighted by Crippen LogP contribution is 2.31. The van der Waals surface area contributed by atoms with Gasteiger partial charge in [0.05, 0.1) is 21.9 Å². The van der Waals surface area contributed by atoms with Crippen LogP contribution in [0.1, 0.15) is 5.56 Å². The van der Waals surface area contributed by atoms with Crippen molar-refractivity contribution < 1.29 is 13.3 Å². The molecule has 0 aliphatic carbocycles. The molecule has 0 heterocycles. The van der Waals surface area contributed by atoms with E-state index in [1.165, 1.54) is 13.0 Å². The number of non-ortho nitro benzene ring substituents is 1. The molecule has 1 N–H and O–H groups in total. The number of nitro groups is 1. The van der Waals surface area contributed by atoms with E-state index in [0.717, 1.165) is 12.3 Å². The van der Waals surface area contributed by atoms with Gasteiger partial charge in [-0.15, -0.1) is 0 Å². The number of hydrogen-bond acceptors (Lipinski definition) is 4. The lowest BCUT2D eigenvalue weighted by atomic mass is 10.2. The molecule has 0 fully saturated rings. The van der Waals surface area contributed by atoms with Crippen molar-refractivity contribution in [2.24, 2.45) is 0 Å². The summed E-state index contributed by atoms with van der Waals surface area (Å²) in [4.78, 5) is 9.92. The predicted molar refractivity (Wildman–Crippen MR) is 61.3 cm³/mol. The van der Waals surface area contributed by atoms with E-state index >= 15 is 0 Å². The predicted octanol–water partition coefficient (Wildman–Crippen LogP) is 1.93. The Balaban J connectivity index is 3.28. The molecule has 88 valence electrons. The SMILES string of the molecule is Cc1cc([N+](=O)[O-])cc(Cl)c1NS(C)(=O)=O. The van der Waals surface area contributed by atoms with Crippen LogP contribution in [0.25, 0.3) is 0 Å². The third-order valence-electron chi connectivity index (χ3n) is 1.77. The van der Waals surface area contributed by atoms with Gasteiger partial charge in [-0.25, -0.2) is 8.42 Å². The zero-order valence-electron chi connectivity index (χ0n) is 8.52. The van der Waals surface area contributed by atoms with Crippen molar-refractivity contribution in [3.8, 4) is 0 Å². The van der Waals surface area contributed by atoms with Gasteiger partial charge in [0, 0.05) is 12.1 Å². The zero-order chi connectivity index (χ0) is 12.5. The summed E-state index contributed by atoms with van der Waals surface area (Å²) in [6, 6.07) is 2.35. The molecular weight excluding hydrogens is 256 g/mol. The number of sulfonamides is 1. The molecule has 0 spiro atoms. The Bertz CT molecular complexity index is 518. The highest BCUT2D eigenvalue weighted by Gasteiger charge is 2.15. The summed E-state index contributed by atoms with van der Waals surface area (Å²) in [6.07, 6.45) is 0.976. The number of aryl methyl sites for hydroxylation is 1. The number of nitrogens with zero attached hydrogens (tertiary/aromatic N) is 1. The summed E-state index contributed by atoms with van der Waals surface area (Å²) in [7, 11) is -3.46. The normalized spacial score (nSPS) is 11.2. The fourth-order valence-corrected chi connectivity index (χ4v) is 2.15. The largest absolute Gasteiger partial charge is 0.282 e. The lowest BCUT2D eigenvalue weighted by molar-refractivity contribution is -0.384. The van der Waals surface area contributed by atoms with Crippen molar-refractivity contribution in [1.82, 2.24) is 0 Å². The Morgan fingerprint density at radius 3 is 2.38 bits per heavy atom. The molecule has 6 nitrogen and oxygen atoms in total. The van der Waals surface area contributed by atoms with Crippen LogP contribution in [0.3, 0.4) is 0 Å². The standard InChI is InChI=1S/C8H9ClN2O4S/c1-5-3-6(11(12)13)4-7(9)8(5)10-16(2,14)15/h3-4,10H,1-2H3. The number of hydrogen-bond donors (Lipinski definition) is 1. The maximum atomic E-state index is 11.0. The topological polar surface area (TPSA) is 89.3 Å². The molecule has 0 bridgehead atoms. The van der Waals surface area contributed by atoms with E-state index in [0.29, 0.717) is 5.56 Å². The summed E-state index contributed by atoms with van der Waals surface area (Å²) >= 11 is 5.75. The van der Waals surface area contributed by atoms with E-state index in [1.807, 2.05) is 0 Å². The maximum absolute atomic E-state index is 11.0. The minimum atomic E-state index is -3.46. The first-order valence-electron chi connectivity index (χ1n) is 4.13. The van der Waals surface area contributed by atoms with Crippen LogP contribution < -0.4 is 4.72 Å². The molecular formula is C8H9ClN2O4S. The third-order valence-corrected chi connectivity index (χ3v) is 2.64. The minimum absolute atomic E-state index is 0.00266. The van der Waals surface area contributed by atoms with E-state index in [2.05, 4.69) is 4.72 Å². The molecule has 16 heavy (non-hydrogen) atoms. The van der Waals surface area contributed by atoms with Gasteiger partial charge in [-0.3, -0.25) is 14.8 Å². The van der Waals surface area contributed by atoms with Gasteiger partial charge in [-0.1, -0.05) is 11.6 Å². The molecule has 0 amide bonds. The second-order valence-corrected chi connectivity index (χ2v) is 5.41. The van der Waals surface area contributed by atoms with Crippen molar-refractivity contribution in [3.63, 3.8) is 0 Å². The molecule has 0 saturated heterocycles. The Morgan fingerprint density at radius 1 is 1.44 bits per heavy atom. The molecule has 0 aliphatic rings. The van der Waals surface area contributed by atoms with Crippen molar-refractivity contribution in [1.29, 1.82) is 0 Å². The summed E-state index contributed by atoms with van der Waals surface area (Å²) in [5, 5.41) is 10.5. The monoisotopic (exact) mass is 264 g/mol. The zero-order valence-corrected chi connectivity index (χ0v) is 10.1. The number of anilines is 1. The molecule has 0 unspecified atom stereocenters. The molecule has 0 radical (unpaired) electrons. The van der Waals surface area contributed by atoms with E-state index < -0.39 is 14.9 Å². The van der Waals surface area contributed by atoms with Gasteiger partial charge in [0.1, 0.15) is 0 Å². The van der Waals surface area contributed by atoms with E-state index in [9.17, 15) is 18.5 Å². The Labute approximate surface area is 97.4 Å². The molecule has 0 aliphatic heterocycles. The molecule has 0 atom stereocenters. The van der Waals surface area contributed by atoms with Gasteiger partial charge < -0.3 is 0 Å². The van der Waals surface area contributed by atoms with Crippen LogP contribution in [0, 0.1) is 17.0 Å². The Hall–Kier alpha value is -1.34. The van der Waals surface area contributed by atoms with E-state index in [4.69, 9.17) is 11.6 Å². The quantitative estimate of drug-likeness (QED) is 0.667. The fourth-order valence-electron chi connectivity index (χ4n) is 1.15. The second kappa shape index (κ2) is 4.26. The first-order chi connectivity index (χ1) is 7.20. The second-order valence-electron chi connectivity index (χ2n) is 3.25. The minimum Gasteiger partial charge on any atom is -0.282 e. The lowest BCUT2D eigenvalue weighted by Gasteiger charge is -2.09. The molecule has 1 aromatic rings. The molecule has 0 saturated carbocycles.